The van der Waals surface area contributed by atoms with Gasteiger partial charge in [-0.1, -0.05) is 0 Å². The Hall–Kier alpha value is -2.15. The van der Waals surface area contributed by atoms with Crippen LogP contribution in [0.25, 0.3) is 0 Å². The van der Waals surface area contributed by atoms with Crippen molar-refractivity contribution in [3.8, 4) is 5.75 Å². The Bertz CT molecular complexity index is 737. The minimum atomic E-state index is -0.447. The number of halogens is 1. The Kier molecular flexibility index (Phi) is 6.56. The van der Waals surface area contributed by atoms with Crippen molar-refractivity contribution >= 4 is 11.8 Å². The van der Waals surface area contributed by atoms with Crippen molar-refractivity contribution in [2.24, 2.45) is 5.41 Å². The van der Waals surface area contributed by atoms with Crippen molar-refractivity contribution in [1.82, 2.24) is 9.80 Å². The first-order chi connectivity index (χ1) is 14.6. The average molecular weight is 419 g/mol. The number of ether oxygens (including phenoxy) is 2. The van der Waals surface area contributed by atoms with E-state index in [1.807, 2.05) is 4.90 Å². The molecule has 2 amide bonds. The number of hydrogen-bond donors (Lipinski definition) is 0. The molecule has 0 aliphatic carbocycles. The first-order valence-corrected chi connectivity index (χ1v) is 11.1. The molecule has 3 heterocycles. The van der Waals surface area contributed by atoms with Gasteiger partial charge in [0.25, 0.3) is 5.91 Å². The van der Waals surface area contributed by atoms with Gasteiger partial charge in [-0.05, 0) is 69.2 Å². The van der Waals surface area contributed by atoms with E-state index in [2.05, 4.69) is 0 Å². The zero-order valence-electron chi connectivity index (χ0n) is 17.5. The highest BCUT2D eigenvalue weighted by atomic mass is 19.1. The maximum absolute atomic E-state index is 13.7. The molecule has 6 nitrogen and oxygen atoms in total. The number of rotatable bonds is 4. The Balaban J connectivity index is 1.53. The van der Waals surface area contributed by atoms with Crippen LogP contribution >= 0.6 is 0 Å². The fraction of sp³-hybridized carbons (Fsp3) is 0.652. The first kappa shape index (κ1) is 21.1. The van der Waals surface area contributed by atoms with Gasteiger partial charge in [-0.25, -0.2) is 4.39 Å². The van der Waals surface area contributed by atoms with E-state index < -0.39 is 6.04 Å². The zero-order chi connectivity index (χ0) is 21.0. The Morgan fingerprint density at radius 3 is 2.40 bits per heavy atom. The van der Waals surface area contributed by atoms with Gasteiger partial charge < -0.3 is 19.3 Å². The van der Waals surface area contributed by atoms with Crippen molar-refractivity contribution in [3.05, 3.63) is 30.1 Å². The fourth-order valence-corrected chi connectivity index (χ4v) is 5.21. The van der Waals surface area contributed by atoms with Crippen LogP contribution in [0.15, 0.2) is 24.3 Å². The SMILES string of the molecule is O=C(C1N(C(=O)COc2ccc(F)cc2)CCCC12CCOCC2)N1CCCCC1. The van der Waals surface area contributed by atoms with Crippen molar-refractivity contribution in [1.29, 1.82) is 0 Å². The Labute approximate surface area is 177 Å². The average Bonchev–Trinajstić information content (AvgIpc) is 2.79. The van der Waals surface area contributed by atoms with Crippen LogP contribution in [-0.2, 0) is 14.3 Å². The van der Waals surface area contributed by atoms with Gasteiger partial charge in [0.05, 0.1) is 0 Å². The number of carbonyl (C=O) groups excluding carboxylic acids is 2. The molecule has 0 saturated carbocycles. The van der Waals surface area contributed by atoms with Gasteiger partial charge in [-0.2, -0.15) is 0 Å². The van der Waals surface area contributed by atoms with Gasteiger partial charge in [0.1, 0.15) is 17.6 Å². The summed E-state index contributed by atoms with van der Waals surface area (Å²) in [6, 6.07) is 5.18. The molecule has 30 heavy (non-hydrogen) atoms. The molecule has 4 rings (SSSR count). The summed E-state index contributed by atoms with van der Waals surface area (Å²) < 4.78 is 24.3. The number of benzene rings is 1. The van der Waals surface area contributed by atoms with E-state index >= 15 is 0 Å². The smallest absolute Gasteiger partial charge is 0.261 e. The van der Waals surface area contributed by atoms with Crippen LogP contribution in [0.2, 0.25) is 0 Å². The second-order valence-electron chi connectivity index (χ2n) is 8.70. The lowest BCUT2D eigenvalue weighted by Gasteiger charge is -2.52. The molecule has 0 radical (unpaired) electrons. The summed E-state index contributed by atoms with van der Waals surface area (Å²) in [6.45, 7) is 3.24. The number of likely N-dealkylation sites (tertiary alicyclic amines) is 2. The molecule has 3 saturated heterocycles. The summed E-state index contributed by atoms with van der Waals surface area (Å²) in [5.74, 6) is 0.00601. The third kappa shape index (κ3) is 4.46. The molecule has 3 fully saturated rings. The maximum atomic E-state index is 13.7. The van der Waals surface area contributed by atoms with E-state index in [1.165, 1.54) is 24.3 Å². The molecule has 7 heteroatoms. The van der Waals surface area contributed by atoms with Crippen LogP contribution in [-0.4, -0.2) is 67.1 Å². The third-order valence-electron chi connectivity index (χ3n) is 6.85. The van der Waals surface area contributed by atoms with Crippen LogP contribution in [0.3, 0.4) is 0 Å². The largest absolute Gasteiger partial charge is 0.484 e. The predicted octanol–water partition coefficient (Wildman–Crippen LogP) is 3.00. The van der Waals surface area contributed by atoms with E-state index in [-0.39, 0.29) is 29.7 Å². The number of hydrogen-bond acceptors (Lipinski definition) is 4. The standard InChI is InChI=1S/C23H31FN2O4/c24-18-5-7-19(8-6-18)30-17-20(27)26-14-4-9-23(10-15-29-16-11-23)21(26)22(28)25-12-2-1-3-13-25/h5-8,21H,1-4,9-17H2. The van der Waals surface area contributed by atoms with Crippen LogP contribution in [0.1, 0.15) is 44.9 Å². The Morgan fingerprint density at radius 1 is 1.00 bits per heavy atom. The number of nitrogens with zero attached hydrogens (tertiary/aromatic N) is 2. The molecule has 1 unspecified atom stereocenters. The van der Waals surface area contributed by atoms with Crippen molar-refractivity contribution in [2.45, 2.75) is 51.0 Å². The molecular weight excluding hydrogens is 387 g/mol. The lowest BCUT2D eigenvalue weighted by Crippen LogP contribution is -2.63. The third-order valence-corrected chi connectivity index (χ3v) is 6.85. The summed E-state index contributed by atoms with van der Waals surface area (Å²) in [7, 11) is 0. The van der Waals surface area contributed by atoms with Crippen molar-refractivity contribution < 1.29 is 23.5 Å². The second kappa shape index (κ2) is 9.33. The van der Waals surface area contributed by atoms with E-state index in [0.717, 1.165) is 58.0 Å². The maximum Gasteiger partial charge on any atom is 0.261 e. The van der Waals surface area contributed by atoms with Gasteiger partial charge in [0.15, 0.2) is 6.61 Å². The highest BCUT2D eigenvalue weighted by Gasteiger charge is 2.51. The number of piperidine rings is 2. The molecule has 3 aliphatic rings. The molecule has 0 N–H and O–H groups in total. The lowest BCUT2D eigenvalue weighted by molar-refractivity contribution is -0.162. The van der Waals surface area contributed by atoms with E-state index in [9.17, 15) is 14.0 Å². The van der Waals surface area contributed by atoms with Gasteiger partial charge in [0.2, 0.25) is 5.91 Å². The van der Waals surface area contributed by atoms with Gasteiger partial charge in [0, 0.05) is 38.3 Å². The molecule has 0 aromatic heterocycles. The van der Waals surface area contributed by atoms with E-state index in [0.29, 0.717) is 25.5 Å². The second-order valence-corrected chi connectivity index (χ2v) is 8.70. The minimum Gasteiger partial charge on any atom is -0.484 e. The molecule has 1 spiro atoms. The summed E-state index contributed by atoms with van der Waals surface area (Å²) >= 11 is 0. The lowest BCUT2D eigenvalue weighted by atomic mass is 9.67. The molecule has 0 bridgehead atoms. The molecular formula is C23H31FN2O4. The first-order valence-electron chi connectivity index (χ1n) is 11.1. The van der Waals surface area contributed by atoms with E-state index in [4.69, 9.17) is 9.47 Å². The van der Waals surface area contributed by atoms with Crippen LogP contribution < -0.4 is 4.74 Å². The summed E-state index contributed by atoms with van der Waals surface area (Å²) in [4.78, 5) is 30.6. The zero-order valence-corrected chi connectivity index (χ0v) is 17.5. The highest BCUT2D eigenvalue weighted by molar-refractivity contribution is 5.89. The van der Waals surface area contributed by atoms with Crippen LogP contribution in [0.5, 0.6) is 5.75 Å². The molecule has 1 atom stereocenters. The van der Waals surface area contributed by atoms with Crippen LogP contribution in [0, 0.1) is 11.2 Å². The molecule has 1 aromatic carbocycles. The van der Waals surface area contributed by atoms with Crippen LogP contribution in [0.4, 0.5) is 4.39 Å². The van der Waals surface area contributed by atoms with Gasteiger partial charge in [-0.15, -0.1) is 0 Å². The normalized spacial score (nSPS) is 24.0. The monoisotopic (exact) mass is 418 g/mol. The fourth-order valence-electron chi connectivity index (χ4n) is 5.21. The predicted molar refractivity (Wildman–Crippen MR) is 110 cm³/mol. The Morgan fingerprint density at radius 2 is 1.70 bits per heavy atom. The van der Waals surface area contributed by atoms with Gasteiger partial charge in [-0.3, -0.25) is 9.59 Å². The quantitative estimate of drug-likeness (QED) is 0.754. The highest BCUT2D eigenvalue weighted by Crippen LogP contribution is 2.45. The molecule has 3 aliphatic heterocycles. The van der Waals surface area contributed by atoms with Gasteiger partial charge >= 0.3 is 0 Å². The molecule has 1 aromatic rings. The van der Waals surface area contributed by atoms with E-state index in [1.54, 1.807) is 4.90 Å². The van der Waals surface area contributed by atoms with Crippen molar-refractivity contribution in [3.63, 3.8) is 0 Å². The minimum absolute atomic E-state index is 0.0893. The summed E-state index contributed by atoms with van der Waals surface area (Å²) in [6.07, 6.45) is 6.64. The topological polar surface area (TPSA) is 59.1 Å². The summed E-state index contributed by atoms with van der Waals surface area (Å²) in [5.41, 5.74) is -0.212. The molecule has 164 valence electrons. The number of carbonyl (C=O) groups is 2. The van der Waals surface area contributed by atoms with Crippen molar-refractivity contribution in [2.75, 3.05) is 39.5 Å². The number of amides is 2. The summed E-state index contributed by atoms with van der Waals surface area (Å²) in [5, 5.41) is 0.